The smallest absolute Gasteiger partial charge is 0.245 e. The number of carbonyl (C=O) groups is 5. The zero-order chi connectivity index (χ0) is 42.4. The number of ether oxygens (including phenoxy) is 2. The van der Waals surface area contributed by atoms with Crippen molar-refractivity contribution >= 4 is 29.5 Å². The van der Waals surface area contributed by atoms with Crippen LogP contribution in [-0.2, 0) is 39.9 Å². The quantitative estimate of drug-likeness (QED) is 0.147. The molecule has 0 aliphatic carbocycles. The van der Waals surface area contributed by atoms with E-state index in [0.29, 0.717) is 19.4 Å². The molecule has 0 bridgehead atoms. The Morgan fingerprint density at radius 3 is 2.07 bits per heavy atom. The molecule has 0 spiro atoms. The van der Waals surface area contributed by atoms with E-state index < -0.39 is 36.3 Å². The van der Waals surface area contributed by atoms with Gasteiger partial charge in [0.2, 0.25) is 29.5 Å². The Bertz CT molecular complexity index is 1440. The molecule has 2 heterocycles. The lowest BCUT2D eigenvalue weighted by Gasteiger charge is -2.41. The van der Waals surface area contributed by atoms with Gasteiger partial charge in [-0.3, -0.25) is 28.9 Å². The molecular weight excluding hydrogens is 727 g/mol. The first-order valence-electron chi connectivity index (χ1n) is 21.0. The minimum Gasteiger partial charge on any atom is -0.379 e. The fourth-order valence-corrected chi connectivity index (χ4v) is 8.66. The zero-order valence-corrected chi connectivity index (χ0v) is 36.5. The van der Waals surface area contributed by atoms with Gasteiger partial charge in [-0.05, 0) is 36.2 Å². The van der Waals surface area contributed by atoms with Crippen molar-refractivity contribution in [3.8, 4) is 0 Å². The van der Waals surface area contributed by atoms with Gasteiger partial charge in [0.05, 0.1) is 42.7 Å². The van der Waals surface area contributed by atoms with E-state index in [-0.39, 0.29) is 65.8 Å². The highest BCUT2D eigenvalue weighted by atomic mass is 16.5. The summed E-state index contributed by atoms with van der Waals surface area (Å²) in [6, 6.07) is 6.77. The molecule has 0 radical (unpaired) electrons. The van der Waals surface area contributed by atoms with Crippen molar-refractivity contribution in [1.29, 1.82) is 0 Å². The van der Waals surface area contributed by atoms with Gasteiger partial charge in [-0.15, -0.1) is 0 Å². The molecule has 5 amide bonds. The third kappa shape index (κ3) is 12.7. The van der Waals surface area contributed by atoms with E-state index in [1.165, 1.54) is 0 Å². The summed E-state index contributed by atoms with van der Waals surface area (Å²) < 4.78 is 12.0. The summed E-state index contributed by atoms with van der Waals surface area (Å²) >= 11 is 0. The molecular formula is C43H73N7O7. The van der Waals surface area contributed by atoms with E-state index in [9.17, 15) is 24.0 Å². The Labute approximate surface area is 341 Å². The summed E-state index contributed by atoms with van der Waals surface area (Å²) in [5.74, 6) is -1.97. The summed E-state index contributed by atoms with van der Waals surface area (Å²) in [6.07, 6.45) is 1.21. The van der Waals surface area contributed by atoms with Crippen LogP contribution in [0.4, 0.5) is 0 Å². The molecule has 0 saturated carbocycles. The first kappa shape index (κ1) is 47.8. The fraction of sp³-hybridized carbons (Fsp3) is 0.744. The first-order valence-corrected chi connectivity index (χ1v) is 21.0. The topological polar surface area (TPSA) is 162 Å². The summed E-state index contributed by atoms with van der Waals surface area (Å²) in [6.45, 7) is 17.5. The van der Waals surface area contributed by atoms with Gasteiger partial charge < -0.3 is 40.5 Å². The second-order valence-corrected chi connectivity index (χ2v) is 16.7. The summed E-state index contributed by atoms with van der Waals surface area (Å²) in [5.41, 5.74) is 0.917. The largest absolute Gasteiger partial charge is 0.379 e. The van der Waals surface area contributed by atoms with Gasteiger partial charge in [0.15, 0.2) is 0 Å². The van der Waals surface area contributed by atoms with Gasteiger partial charge >= 0.3 is 0 Å². The van der Waals surface area contributed by atoms with Crippen LogP contribution in [0.15, 0.2) is 30.3 Å². The maximum Gasteiger partial charge on any atom is 0.245 e. The normalized spacial score (nSPS) is 20.5. The number of likely N-dealkylation sites (tertiary alicyclic amines) is 1. The van der Waals surface area contributed by atoms with Gasteiger partial charge in [0.1, 0.15) is 12.1 Å². The molecule has 1 unspecified atom stereocenters. The van der Waals surface area contributed by atoms with Crippen molar-refractivity contribution < 1.29 is 33.4 Å². The van der Waals surface area contributed by atoms with E-state index in [1.54, 1.807) is 45.0 Å². The molecule has 57 heavy (non-hydrogen) atoms. The first-order chi connectivity index (χ1) is 27.1. The van der Waals surface area contributed by atoms with Gasteiger partial charge in [-0.2, -0.15) is 0 Å². The number of hydrogen-bond donors (Lipinski definition) is 4. The maximum atomic E-state index is 14.4. The van der Waals surface area contributed by atoms with Crippen LogP contribution in [0.2, 0.25) is 0 Å². The third-order valence-electron chi connectivity index (χ3n) is 12.1. The number of amides is 5. The summed E-state index contributed by atoms with van der Waals surface area (Å²) in [4.78, 5) is 74.8. The molecule has 2 aliphatic heterocycles. The molecule has 14 heteroatoms. The number of likely N-dealkylation sites (N-methyl/N-ethyl adjacent to an activating group) is 2. The highest BCUT2D eigenvalue weighted by molar-refractivity contribution is 5.90. The predicted octanol–water partition coefficient (Wildman–Crippen LogP) is 2.45. The number of benzene rings is 1. The molecule has 1 aromatic carbocycles. The van der Waals surface area contributed by atoms with Crippen LogP contribution >= 0.6 is 0 Å². The third-order valence-corrected chi connectivity index (χ3v) is 12.1. The van der Waals surface area contributed by atoms with E-state index in [4.69, 9.17) is 9.47 Å². The molecule has 14 nitrogen and oxygen atoms in total. The standard InChI is InChI=1S/C43H73N7O7/c1-12-29(6)38(48(9)43(55)36(27(2)3)47-42(54)37(28(4)5)49-23-20-45-21-24-49)34(56-10)26-35(51)50-22-16-19-33(50)39(57-11)30(7)40(52)46-32(41(53)44-8)25-31-17-14-13-15-18-31/h13-15,17-18,27-30,32-34,36-39,45H,12,16,19-26H2,1-11H3,(H,44,53)(H,46,52)(H,47,54)/t29-,30+,32-,33-,34?,36-,37-,38-,39+/m0/s1. The van der Waals surface area contributed by atoms with Crippen LogP contribution in [-0.4, -0.2) is 148 Å². The summed E-state index contributed by atoms with van der Waals surface area (Å²) in [5, 5.41) is 12.1. The lowest BCUT2D eigenvalue weighted by Crippen LogP contribution is -2.61. The number of piperazine rings is 1. The van der Waals surface area contributed by atoms with Crippen LogP contribution in [0.5, 0.6) is 0 Å². The van der Waals surface area contributed by atoms with Crippen molar-refractivity contribution in [2.75, 3.05) is 61.0 Å². The Hall–Kier alpha value is -3.59. The van der Waals surface area contributed by atoms with Gasteiger partial charge in [0.25, 0.3) is 0 Å². The molecule has 4 N–H and O–H groups in total. The Morgan fingerprint density at radius 1 is 0.877 bits per heavy atom. The van der Waals surface area contributed by atoms with Crippen LogP contribution < -0.4 is 21.3 Å². The molecule has 2 saturated heterocycles. The predicted molar refractivity (Wildman–Crippen MR) is 222 cm³/mol. The molecule has 1 aromatic rings. The summed E-state index contributed by atoms with van der Waals surface area (Å²) in [7, 11) is 6.40. The number of hydrogen-bond acceptors (Lipinski definition) is 9. The van der Waals surface area contributed by atoms with E-state index in [2.05, 4.69) is 33.1 Å². The van der Waals surface area contributed by atoms with E-state index in [0.717, 1.165) is 44.6 Å². The zero-order valence-electron chi connectivity index (χ0n) is 36.5. The number of carbonyl (C=O) groups excluding carboxylic acids is 5. The number of methoxy groups -OCH3 is 2. The van der Waals surface area contributed by atoms with Crippen molar-refractivity contribution in [2.24, 2.45) is 23.7 Å². The minimum absolute atomic E-state index is 0.0174. The van der Waals surface area contributed by atoms with Crippen LogP contribution in [0.1, 0.15) is 79.7 Å². The number of nitrogens with one attached hydrogen (secondary N) is 4. The maximum absolute atomic E-state index is 14.4. The van der Waals surface area contributed by atoms with E-state index >= 15 is 0 Å². The Kier molecular flexibility index (Phi) is 19.4. The van der Waals surface area contributed by atoms with Crippen LogP contribution in [0, 0.1) is 23.7 Å². The van der Waals surface area contributed by atoms with Crippen LogP contribution in [0.25, 0.3) is 0 Å². The van der Waals surface area contributed by atoms with Gasteiger partial charge in [-0.25, -0.2) is 0 Å². The SMILES string of the molecule is CC[C@H](C)[C@@H](C(CC(=O)N1CCC[C@H]1[C@H](OC)[C@@H](C)C(=O)N[C@@H](Cc1ccccc1)C(=O)NC)OC)N(C)C(=O)[C@@H](NC(=O)[C@H](C(C)C)N1CCNCC1)C(C)C. The highest BCUT2D eigenvalue weighted by Crippen LogP contribution is 2.30. The van der Waals surface area contributed by atoms with Crippen molar-refractivity contribution in [3.63, 3.8) is 0 Å². The molecule has 0 aromatic heterocycles. The Morgan fingerprint density at radius 2 is 1.53 bits per heavy atom. The van der Waals surface area contributed by atoms with E-state index in [1.807, 2.05) is 65.0 Å². The lowest BCUT2D eigenvalue weighted by molar-refractivity contribution is -0.148. The number of rotatable bonds is 21. The lowest BCUT2D eigenvalue weighted by atomic mass is 9.89. The second kappa shape index (κ2) is 23.1. The molecule has 322 valence electrons. The van der Waals surface area contributed by atoms with Crippen molar-refractivity contribution in [1.82, 2.24) is 36.0 Å². The van der Waals surface area contributed by atoms with Gasteiger partial charge in [0, 0.05) is 67.5 Å². The minimum atomic E-state index is -0.779. The Balaban J connectivity index is 1.78. The molecule has 2 fully saturated rings. The van der Waals surface area contributed by atoms with Crippen molar-refractivity contribution in [2.45, 2.75) is 123 Å². The van der Waals surface area contributed by atoms with Crippen molar-refractivity contribution in [3.05, 3.63) is 35.9 Å². The molecule has 9 atom stereocenters. The molecule has 2 aliphatic rings. The number of nitrogens with zero attached hydrogens (tertiary/aromatic N) is 3. The average molecular weight is 800 g/mol. The highest BCUT2D eigenvalue weighted by Gasteiger charge is 2.43. The monoisotopic (exact) mass is 800 g/mol. The fourth-order valence-electron chi connectivity index (χ4n) is 8.66. The second-order valence-electron chi connectivity index (χ2n) is 16.7. The van der Waals surface area contributed by atoms with Gasteiger partial charge in [-0.1, -0.05) is 85.2 Å². The average Bonchev–Trinajstić information content (AvgIpc) is 3.69. The molecule has 3 rings (SSSR count). The van der Waals surface area contributed by atoms with Crippen LogP contribution in [0.3, 0.4) is 0 Å².